The summed E-state index contributed by atoms with van der Waals surface area (Å²) in [6.07, 6.45) is 2.67. The number of hydrogen-bond acceptors (Lipinski definition) is 3. The number of para-hydroxylation sites is 1. The van der Waals surface area contributed by atoms with Gasteiger partial charge in [-0.1, -0.05) is 42.5 Å². The molecule has 7 heteroatoms. The lowest BCUT2D eigenvalue weighted by molar-refractivity contribution is -0.128. The van der Waals surface area contributed by atoms with Gasteiger partial charge in [-0.2, -0.15) is 0 Å². The maximum Gasteiger partial charge on any atom is 0.222 e. The van der Waals surface area contributed by atoms with E-state index in [1.165, 1.54) is 16.8 Å². The van der Waals surface area contributed by atoms with Gasteiger partial charge >= 0.3 is 0 Å². The second-order valence-electron chi connectivity index (χ2n) is 8.08. The summed E-state index contributed by atoms with van der Waals surface area (Å²) in [5.41, 5.74) is 3.62. The summed E-state index contributed by atoms with van der Waals surface area (Å²) in [6, 6.07) is 18.9. The molecular weight excluding hydrogens is 525 g/mol. The van der Waals surface area contributed by atoms with Crippen molar-refractivity contribution in [3.8, 4) is 0 Å². The predicted octanol–water partition coefficient (Wildman–Crippen LogP) is 4.40. The molecule has 1 aliphatic rings. The van der Waals surface area contributed by atoms with Gasteiger partial charge in [-0.3, -0.25) is 4.79 Å². The molecule has 33 heavy (non-hydrogen) atoms. The molecule has 0 spiro atoms. The molecule has 180 valence electrons. The van der Waals surface area contributed by atoms with Gasteiger partial charge in [0.2, 0.25) is 5.91 Å². The maximum absolute atomic E-state index is 12.0. The molecule has 1 amide bonds. The van der Waals surface area contributed by atoms with E-state index in [-0.39, 0.29) is 29.9 Å². The normalized spacial score (nSPS) is 13.6. The van der Waals surface area contributed by atoms with Crippen molar-refractivity contribution in [2.75, 3.05) is 37.6 Å². The number of carbonyl (C=O) groups is 1. The number of aliphatic imine (C=N–C) groups is 1. The van der Waals surface area contributed by atoms with E-state index >= 15 is 0 Å². The van der Waals surface area contributed by atoms with E-state index < -0.39 is 0 Å². The number of rotatable bonds is 11. The zero-order chi connectivity index (χ0) is 22.6. The smallest absolute Gasteiger partial charge is 0.222 e. The molecule has 0 atom stereocenters. The average Bonchev–Trinajstić information content (AvgIpc) is 3.23. The van der Waals surface area contributed by atoms with Crippen LogP contribution in [0, 0.1) is 0 Å². The molecule has 1 heterocycles. The van der Waals surface area contributed by atoms with E-state index in [9.17, 15) is 4.79 Å². The first kappa shape index (κ1) is 27.0. The fourth-order valence-corrected chi connectivity index (χ4v) is 4.03. The van der Waals surface area contributed by atoms with Crippen molar-refractivity contribution in [3.05, 3.63) is 65.7 Å². The Kier molecular flexibility index (Phi) is 12.1. The highest BCUT2D eigenvalue weighted by Crippen LogP contribution is 2.18. The number of anilines is 1. The Balaban J connectivity index is 0.00000385. The average molecular weight is 564 g/mol. The van der Waals surface area contributed by atoms with Gasteiger partial charge in [0.15, 0.2) is 5.96 Å². The van der Waals surface area contributed by atoms with Gasteiger partial charge in [0, 0.05) is 51.4 Å². The van der Waals surface area contributed by atoms with Crippen molar-refractivity contribution in [3.63, 3.8) is 0 Å². The molecule has 2 aromatic rings. The third-order valence-corrected chi connectivity index (χ3v) is 5.80. The third kappa shape index (κ3) is 8.53. The molecule has 2 N–H and O–H groups in total. The lowest BCUT2D eigenvalue weighted by Crippen LogP contribution is -2.38. The van der Waals surface area contributed by atoms with Crippen LogP contribution >= 0.6 is 24.0 Å². The second kappa shape index (κ2) is 14.8. The van der Waals surface area contributed by atoms with Gasteiger partial charge in [-0.15, -0.1) is 24.0 Å². The molecular formula is C26H38IN5O. The third-order valence-electron chi connectivity index (χ3n) is 5.80. The highest BCUT2D eigenvalue weighted by Gasteiger charge is 2.20. The van der Waals surface area contributed by atoms with Crippen molar-refractivity contribution < 1.29 is 4.79 Å². The monoisotopic (exact) mass is 563 g/mol. The highest BCUT2D eigenvalue weighted by molar-refractivity contribution is 14.0. The van der Waals surface area contributed by atoms with Gasteiger partial charge < -0.3 is 20.4 Å². The molecule has 0 saturated carbocycles. The number of halogens is 1. The van der Waals surface area contributed by atoms with Gasteiger partial charge in [-0.25, -0.2) is 4.99 Å². The number of nitrogens with zero attached hydrogens (tertiary/aromatic N) is 3. The first-order valence-electron chi connectivity index (χ1n) is 11.9. The molecule has 2 aromatic carbocycles. The fraction of sp³-hybridized carbons (Fsp3) is 0.462. The standard InChI is InChI=1S/C26H37N5O.HI/c1-3-27-26(28-17-11-19-30(4-2)24-14-6-5-7-15-24)29-20-22-12-8-9-13-23(22)21-31-18-10-16-25(31)32;/h5-9,12-15H,3-4,10-11,16-21H2,1-2H3,(H2,27,28,29);1H. The molecule has 0 radical (unpaired) electrons. The molecule has 0 bridgehead atoms. The number of guanidine groups is 1. The number of amides is 1. The Morgan fingerprint density at radius 2 is 1.76 bits per heavy atom. The number of hydrogen-bond donors (Lipinski definition) is 2. The Morgan fingerprint density at radius 1 is 1.03 bits per heavy atom. The van der Waals surface area contributed by atoms with Crippen molar-refractivity contribution >= 4 is 41.5 Å². The first-order valence-corrected chi connectivity index (χ1v) is 11.9. The summed E-state index contributed by atoms with van der Waals surface area (Å²) >= 11 is 0. The van der Waals surface area contributed by atoms with Crippen LogP contribution in [0.15, 0.2) is 59.6 Å². The van der Waals surface area contributed by atoms with E-state index in [2.05, 4.69) is 71.8 Å². The summed E-state index contributed by atoms with van der Waals surface area (Å²) in [5.74, 6) is 1.09. The predicted molar refractivity (Wildman–Crippen MR) is 148 cm³/mol. The summed E-state index contributed by atoms with van der Waals surface area (Å²) < 4.78 is 0. The SMILES string of the molecule is CCNC(=NCc1ccccc1CN1CCCC1=O)NCCCN(CC)c1ccccc1.I. The van der Waals surface area contributed by atoms with Crippen LogP contribution in [-0.4, -0.2) is 49.5 Å². The van der Waals surface area contributed by atoms with Crippen LogP contribution in [0.4, 0.5) is 5.69 Å². The highest BCUT2D eigenvalue weighted by atomic mass is 127. The van der Waals surface area contributed by atoms with Gasteiger partial charge in [-0.05, 0) is 49.9 Å². The zero-order valence-electron chi connectivity index (χ0n) is 19.9. The number of carbonyl (C=O) groups excluding carboxylic acids is 1. The van der Waals surface area contributed by atoms with Crippen LogP contribution in [0.1, 0.15) is 44.2 Å². The molecule has 0 aromatic heterocycles. The number of likely N-dealkylation sites (tertiary alicyclic amines) is 1. The van der Waals surface area contributed by atoms with Crippen molar-refractivity contribution in [2.24, 2.45) is 4.99 Å². The van der Waals surface area contributed by atoms with Crippen LogP contribution in [0.25, 0.3) is 0 Å². The van der Waals surface area contributed by atoms with Crippen LogP contribution in [0.2, 0.25) is 0 Å². The second-order valence-corrected chi connectivity index (χ2v) is 8.08. The Bertz CT molecular complexity index is 874. The summed E-state index contributed by atoms with van der Waals surface area (Å²) in [6.45, 7) is 10.1. The summed E-state index contributed by atoms with van der Waals surface area (Å²) in [4.78, 5) is 21.2. The largest absolute Gasteiger partial charge is 0.372 e. The van der Waals surface area contributed by atoms with Crippen LogP contribution in [-0.2, 0) is 17.9 Å². The van der Waals surface area contributed by atoms with E-state index in [1.54, 1.807) is 0 Å². The van der Waals surface area contributed by atoms with Crippen molar-refractivity contribution in [1.29, 1.82) is 0 Å². The van der Waals surface area contributed by atoms with Gasteiger partial charge in [0.05, 0.1) is 6.54 Å². The quantitative estimate of drug-likeness (QED) is 0.184. The zero-order valence-corrected chi connectivity index (χ0v) is 22.3. The maximum atomic E-state index is 12.0. The van der Waals surface area contributed by atoms with Crippen LogP contribution < -0.4 is 15.5 Å². The van der Waals surface area contributed by atoms with E-state index in [4.69, 9.17) is 4.99 Å². The molecule has 3 rings (SSSR count). The Hall–Kier alpha value is -2.29. The van der Waals surface area contributed by atoms with E-state index in [0.717, 1.165) is 51.5 Å². The lowest BCUT2D eigenvalue weighted by atomic mass is 10.1. The molecule has 0 aliphatic carbocycles. The van der Waals surface area contributed by atoms with E-state index in [0.29, 0.717) is 19.5 Å². The molecule has 1 fully saturated rings. The van der Waals surface area contributed by atoms with Crippen molar-refractivity contribution in [1.82, 2.24) is 15.5 Å². The number of benzene rings is 2. The minimum Gasteiger partial charge on any atom is -0.372 e. The number of nitrogens with one attached hydrogen (secondary N) is 2. The molecule has 6 nitrogen and oxygen atoms in total. The first-order chi connectivity index (χ1) is 15.7. The molecule has 1 saturated heterocycles. The van der Waals surface area contributed by atoms with Gasteiger partial charge in [0.25, 0.3) is 0 Å². The topological polar surface area (TPSA) is 60.0 Å². The molecule has 1 aliphatic heterocycles. The lowest BCUT2D eigenvalue weighted by Gasteiger charge is -2.23. The fourth-order valence-electron chi connectivity index (χ4n) is 4.03. The summed E-state index contributed by atoms with van der Waals surface area (Å²) in [7, 11) is 0. The van der Waals surface area contributed by atoms with Crippen LogP contribution in [0.5, 0.6) is 0 Å². The van der Waals surface area contributed by atoms with Crippen LogP contribution in [0.3, 0.4) is 0 Å². The van der Waals surface area contributed by atoms with Gasteiger partial charge in [0.1, 0.15) is 0 Å². The molecule has 0 unspecified atom stereocenters. The Morgan fingerprint density at radius 3 is 2.42 bits per heavy atom. The van der Waals surface area contributed by atoms with E-state index in [1.807, 2.05) is 17.0 Å². The summed E-state index contributed by atoms with van der Waals surface area (Å²) in [5, 5.41) is 6.82. The minimum atomic E-state index is 0. The van der Waals surface area contributed by atoms with Crippen molar-refractivity contribution in [2.45, 2.75) is 46.2 Å². The minimum absolute atomic E-state index is 0. The Labute approximate surface area is 215 Å².